The highest BCUT2D eigenvalue weighted by atomic mass is 19.1. The Kier molecular flexibility index (Phi) is 4.71. The molecule has 3 N–H and O–H groups in total. The van der Waals surface area contributed by atoms with E-state index in [1.165, 1.54) is 24.3 Å². The predicted molar refractivity (Wildman–Crippen MR) is 88.0 cm³/mol. The summed E-state index contributed by atoms with van der Waals surface area (Å²) < 4.78 is 13.1. The van der Waals surface area contributed by atoms with E-state index in [1.54, 1.807) is 6.92 Å². The summed E-state index contributed by atoms with van der Waals surface area (Å²) in [6.45, 7) is 2.88. The van der Waals surface area contributed by atoms with E-state index in [9.17, 15) is 18.8 Å². The number of urea groups is 1. The zero-order valence-corrected chi connectivity index (χ0v) is 14.0. The van der Waals surface area contributed by atoms with Crippen LogP contribution < -0.4 is 16.0 Å². The topological polar surface area (TPSA) is 90.5 Å². The third-order valence-corrected chi connectivity index (χ3v) is 4.70. The van der Waals surface area contributed by atoms with E-state index in [1.807, 2.05) is 0 Å². The van der Waals surface area contributed by atoms with E-state index < -0.39 is 23.3 Å². The number of rotatable bonds is 4. The highest BCUT2D eigenvalue weighted by molar-refractivity contribution is 6.09. The maximum absolute atomic E-state index is 13.1. The fourth-order valence-electron chi connectivity index (χ4n) is 3.20. The molecule has 1 aromatic rings. The fourth-order valence-corrected chi connectivity index (χ4v) is 3.20. The average Bonchev–Trinajstić information content (AvgIpc) is 2.80. The van der Waals surface area contributed by atoms with E-state index in [4.69, 9.17) is 0 Å². The lowest BCUT2D eigenvalue weighted by molar-refractivity contribution is -0.135. The Morgan fingerprint density at radius 3 is 2.56 bits per heavy atom. The number of nitrogens with zero attached hydrogens (tertiary/aromatic N) is 1. The number of piperidine rings is 1. The lowest BCUT2D eigenvalue weighted by Gasteiger charge is -2.25. The molecule has 0 radical (unpaired) electrons. The third kappa shape index (κ3) is 3.48. The molecule has 4 amide bonds. The van der Waals surface area contributed by atoms with Gasteiger partial charge in [0.1, 0.15) is 17.9 Å². The largest absolute Gasteiger partial charge is 0.352 e. The van der Waals surface area contributed by atoms with Gasteiger partial charge in [-0.15, -0.1) is 0 Å². The third-order valence-electron chi connectivity index (χ3n) is 4.70. The van der Waals surface area contributed by atoms with Crippen molar-refractivity contribution < 1.29 is 18.8 Å². The van der Waals surface area contributed by atoms with Gasteiger partial charge in [-0.3, -0.25) is 14.5 Å². The minimum absolute atomic E-state index is 0.0537. The maximum Gasteiger partial charge on any atom is 0.325 e. The maximum atomic E-state index is 13.1. The van der Waals surface area contributed by atoms with Crippen LogP contribution in [-0.2, 0) is 15.1 Å². The van der Waals surface area contributed by atoms with E-state index in [-0.39, 0.29) is 18.5 Å². The molecule has 2 saturated heterocycles. The van der Waals surface area contributed by atoms with Gasteiger partial charge in [-0.05, 0) is 50.6 Å². The Balaban J connectivity index is 1.68. The molecule has 2 aliphatic heterocycles. The van der Waals surface area contributed by atoms with Crippen LogP contribution in [0.2, 0.25) is 0 Å². The van der Waals surface area contributed by atoms with Gasteiger partial charge in [0.15, 0.2) is 0 Å². The summed E-state index contributed by atoms with van der Waals surface area (Å²) in [5, 5.41) is 8.66. The molecule has 3 rings (SSSR count). The first-order valence-corrected chi connectivity index (χ1v) is 8.30. The van der Waals surface area contributed by atoms with Crippen molar-refractivity contribution in [3.05, 3.63) is 35.6 Å². The molecular weight excluding hydrogens is 327 g/mol. The zero-order chi connectivity index (χ0) is 18.0. The van der Waals surface area contributed by atoms with Crippen LogP contribution in [0.5, 0.6) is 0 Å². The molecule has 0 aliphatic carbocycles. The van der Waals surface area contributed by atoms with Crippen molar-refractivity contribution in [1.82, 2.24) is 20.9 Å². The fraction of sp³-hybridized carbons (Fsp3) is 0.471. The molecule has 25 heavy (non-hydrogen) atoms. The SMILES string of the molecule is CC1(c2ccc(F)cc2)NC(=O)N(CC(=O)NC2CCNCC2)C1=O. The summed E-state index contributed by atoms with van der Waals surface area (Å²) in [7, 11) is 0. The Hall–Kier alpha value is -2.48. The van der Waals surface area contributed by atoms with Crippen LogP contribution in [0, 0.1) is 5.82 Å². The van der Waals surface area contributed by atoms with Crippen molar-refractivity contribution >= 4 is 17.8 Å². The molecular formula is C17H21FN4O3. The highest BCUT2D eigenvalue weighted by Crippen LogP contribution is 2.28. The van der Waals surface area contributed by atoms with Crippen LogP contribution in [0.25, 0.3) is 0 Å². The lowest BCUT2D eigenvalue weighted by Crippen LogP contribution is -2.48. The predicted octanol–water partition coefficient (Wildman–Crippen LogP) is 0.461. The number of hydrogen-bond donors (Lipinski definition) is 3. The molecule has 8 heteroatoms. The molecule has 2 aliphatic rings. The smallest absolute Gasteiger partial charge is 0.325 e. The number of carbonyl (C=O) groups is 3. The Morgan fingerprint density at radius 2 is 1.92 bits per heavy atom. The number of halogens is 1. The second kappa shape index (κ2) is 6.79. The molecule has 2 fully saturated rings. The molecule has 1 unspecified atom stereocenters. The van der Waals surface area contributed by atoms with Crippen LogP contribution in [-0.4, -0.2) is 48.4 Å². The second-order valence-electron chi connectivity index (χ2n) is 6.55. The minimum Gasteiger partial charge on any atom is -0.352 e. The first-order valence-electron chi connectivity index (χ1n) is 8.30. The number of imide groups is 1. The molecule has 1 atom stereocenters. The molecule has 7 nitrogen and oxygen atoms in total. The van der Waals surface area contributed by atoms with Gasteiger partial charge in [0, 0.05) is 6.04 Å². The molecule has 2 heterocycles. The van der Waals surface area contributed by atoms with Gasteiger partial charge in [-0.25, -0.2) is 9.18 Å². The normalized spacial score (nSPS) is 24.3. The van der Waals surface area contributed by atoms with Crippen molar-refractivity contribution in [2.24, 2.45) is 0 Å². The Morgan fingerprint density at radius 1 is 1.28 bits per heavy atom. The average molecular weight is 348 g/mol. The summed E-state index contributed by atoms with van der Waals surface area (Å²) in [4.78, 5) is 38.0. The number of benzene rings is 1. The standard InChI is InChI=1S/C17H21FN4O3/c1-17(11-2-4-12(18)5-3-11)15(24)22(16(25)21-17)10-14(23)20-13-6-8-19-9-7-13/h2-5,13,19H,6-10H2,1H3,(H,20,23)(H,21,25). The van der Waals surface area contributed by atoms with Gasteiger partial charge in [-0.1, -0.05) is 12.1 Å². The van der Waals surface area contributed by atoms with Crippen molar-refractivity contribution in [1.29, 1.82) is 0 Å². The van der Waals surface area contributed by atoms with Crippen LogP contribution in [0.1, 0.15) is 25.3 Å². The van der Waals surface area contributed by atoms with Crippen LogP contribution in [0.3, 0.4) is 0 Å². The summed E-state index contributed by atoms with van der Waals surface area (Å²) >= 11 is 0. The lowest BCUT2D eigenvalue weighted by atomic mass is 9.92. The van der Waals surface area contributed by atoms with Crippen LogP contribution in [0.4, 0.5) is 9.18 Å². The zero-order valence-electron chi connectivity index (χ0n) is 14.0. The van der Waals surface area contributed by atoms with Crippen molar-refractivity contribution in [2.45, 2.75) is 31.3 Å². The quantitative estimate of drug-likeness (QED) is 0.690. The van der Waals surface area contributed by atoms with Crippen LogP contribution in [0.15, 0.2) is 24.3 Å². The van der Waals surface area contributed by atoms with Crippen LogP contribution >= 0.6 is 0 Å². The highest BCUT2D eigenvalue weighted by Gasteiger charge is 2.49. The van der Waals surface area contributed by atoms with Gasteiger partial charge >= 0.3 is 6.03 Å². The number of amides is 4. The summed E-state index contributed by atoms with van der Waals surface area (Å²) in [6, 6.07) is 4.78. The molecule has 0 saturated carbocycles. The summed E-state index contributed by atoms with van der Waals surface area (Å²) in [5.74, 6) is -1.31. The molecule has 0 bridgehead atoms. The van der Waals surface area contributed by atoms with Crippen molar-refractivity contribution in [3.63, 3.8) is 0 Å². The van der Waals surface area contributed by atoms with Gasteiger partial charge in [0.2, 0.25) is 5.91 Å². The van der Waals surface area contributed by atoms with Gasteiger partial charge in [0.05, 0.1) is 0 Å². The summed E-state index contributed by atoms with van der Waals surface area (Å²) in [5.41, 5.74) is -0.840. The number of carbonyl (C=O) groups excluding carboxylic acids is 3. The first kappa shape index (κ1) is 17.3. The van der Waals surface area contributed by atoms with Crippen molar-refractivity contribution in [3.8, 4) is 0 Å². The molecule has 0 aromatic heterocycles. The van der Waals surface area contributed by atoms with Crippen molar-refractivity contribution in [2.75, 3.05) is 19.6 Å². The van der Waals surface area contributed by atoms with E-state index in [0.29, 0.717) is 5.56 Å². The molecule has 0 spiro atoms. The Labute approximate surface area is 144 Å². The van der Waals surface area contributed by atoms with Gasteiger partial charge in [0.25, 0.3) is 5.91 Å². The monoisotopic (exact) mass is 348 g/mol. The summed E-state index contributed by atoms with van der Waals surface area (Å²) in [6.07, 6.45) is 1.64. The molecule has 1 aromatic carbocycles. The Bertz CT molecular complexity index is 688. The van der Waals surface area contributed by atoms with Gasteiger partial charge < -0.3 is 16.0 Å². The first-order chi connectivity index (χ1) is 11.9. The van der Waals surface area contributed by atoms with Gasteiger partial charge in [-0.2, -0.15) is 0 Å². The van der Waals surface area contributed by atoms with E-state index in [0.717, 1.165) is 30.8 Å². The van der Waals surface area contributed by atoms with E-state index in [2.05, 4.69) is 16.0 Å². The number of nitrogens with one attached hydrogen (secondary N) is 3. The van der Waals surface area contributed by atoms with E-state index >= 15 is 0 Å². The minimum atomic E-state index is -1.31. The molecule has 134 valence electrons. The second-order valence-corrected chi connectivity index (χ2v) is 6.55. The number of hydrogen-bond acceptors (Lipinski definition) is 4.